The van der Waals surface area contributed by atoms with E-state index in [0.29, 0.717) is 23.0 Å². The van der Waals surface area contributed by atoms with E-state index in [4.69, 9.17) is 0 Å². The Labute approximate surface area is 136 Å². The minimum Gasteiger partial charge on any atom is -0.336 e. The number of nitrogens with zero attached hydrogens (tertiary/aromatic N) is 1. The third kappa shape index (κ3) is 1.31. The average molecular weight is 400 g/mol. The van der Waals surface area contributed by atoms with E-state index in [2.05, 4.69) is 5.32 Å². The largest absolute Gasteiger partial charge is 0.336 e. The van der Waals surface area contributed by atoms with Crippen molar-refractivity contribution in [2.75, 3.05) is 6.54 Å². The molecular formula is C15H17IN2O3. The molecule has 0 aromatic heterocycles. The average Bonchev–Trinajstić information content (AvgIpc) is 2.84. The molecule has 2 spiro atoms. The van der Waals surface area contributed by atoms with Gasteiger partial charge in [-0.3, -0.25) is 14.4 Å². The molecule has 5 aliphatic rings. The molecule has 1 N–H and O–H groups in total. The summed E-state index contributed by atoms with van der Waals surface area (Å²) in [6.07, 6.45) is 3.87. The van der Waals surface area contributed by atoms with Crippen LogP contribution in [0.5, 0.6) is 0 Å². The Kier molecular flexibility index (Phi) is 2.42. The first-order chi connectivity index (χ1) is 9.76. The van der Waals surface area contributed by atoms with Gasteiger partial charge in [0.2, 0.25) is 5.91 Å². The van der Waals surface area contributed by atoms with Crippen molar-refractivity contribution < 1.29 is 14.4 Å². The van der Waals surface area contributed by atoms with Crippen molar-refractivity contribution in [3.63, 3.8) is 0 Å². The molecule has 5 rings (SSSR count). The highest BCUT2D eigenvalue weighted by Gasteiger charge is 2.72. The third-order valence-corrected chi connectivity index (χ3v) is 6.75. The molecule has 6 heteroatoms. The lowest BCUT2D eigenvalue weighted by molar-refractivity contribution is -0.178. The summed E-state index contributed by atoms with van der Waals surface area (Å²) >= 11 is 1.99. The lowest BCUT2D eigenvalue weighted by Gasteiger charge is -2.62. The highest BCUT2D eigenvalue weighted by atomic mass is 127. The normalized spacial score (nSPS) is 43.4. The molecule has 0 aromatic carbocycles. The van der Waals surface area contributed by atoms with E-state index in [1.54, 1.807) is 11.0 Å². The van der Waals surface area contributed by atoms with E-state index in [9.17, 15) is 14.4 Å². The van der Waals surface area contributed by atoms with Crippen LogP contribution in [0.4, 0.5) is 0 Å². The van der Waals surface area contributed by atoms with Gasteiger partial charge in [-0.1, -0.05) is 13.8 Å². The summed E-state index contributed by atoms with van der Waals surface area (Å²) in [6, 6.07) is 0. The van der Waals surface area contributed by atoms with Gasteiger partial charge in [0.05, 0.1) is 3.58 Å². The standard InChI is InChI=1S/C15H17IN2O3/c1-13(2)9-7-14-4-3-5-18(14)12(21)15(9,17-11(14)20)6-8(16)10(13)19/h6,9H,3-5,7H2,1-2H3,(H,17,20)/t9?,14?,15-/m1/s1. The number of hydrogen-bond donors (Lipinski definition) is 1. The fourth-order valence-electron chi connectivity index (χ4n) is 4.79. The van der Waals surface area contributed by atoms with Crippen molar-refractivity contribution >= 4 is 40.2 Å². The highest BCUT2D eigenvalue weighted by Crippen LogP contribution is 2.57. The molecule has 2 unspecified atom stereocenters. The number of piperazine rings is 1. The maximum atomic E-state index is 13.1. The topological polar surface area (TPSA) is 66.5 Å². The quantitative estimate of drug-likeness (QED) is 0.621. The zero-order chi connectivity index (χ0) is 15.2. The predicted molar refractivity (Wildman–Crippen MR) is 83.5 cm³/mol. The number of nitrogens with one attached hydrogen (secondary N) is 1. The van der Waals surface area contributed by atoms with Crippen molar-refractivity contribution in [3.8, 4) is 0 Å². The molecule has 0 saturated carbocycles. The van der Waals surface area contributed by atoms with Gasteiger partial charge in [-0.2, -0.15) is 0 Å². The number of halogens is 1. The van der Waals surface area contributed by atoms with Crippen molar-refractivity contribution in [2.24, 2.45) is 11.3 Å². The van der Waals surface area contributed by atoms with E-state index in [0.717, 1.165) is 6.42 Å². The number of Topliss-reactive ketones (excluding diaryl/α,β-unsaturated/α-hetero) is 1. The van der Waals surface area contributed by atoms with Crippen molar-refractivity contribution in [3.05, 3.63) is 9.66 Å². The lowest BCUT2D eigenvalue weighted by Crippen LogP contribution is -2.83. The first-order valence-electron chi connectivity index (χ1n) is 7.33. The monoisotopic (exact) mass is 400 g/mol. The van der Waals surface area contributed by atoms with E-state index >= 15 is 0 Å². The summed E-state index contributed by atoms with van der Waals surface area (Å²) in [7, 11) is 0. The van der Waals surface area contributed by atoms with Crippen LogP contribution in [0.25, 0.3) is 0 Å². The minimum atomic E-state index is -1.02. The fourth-order valence-corrected chi connectivity index (χ4v) is 5.97. The van der Waals surface area contributed by atoms with E-state index in [1.807, 2.05) is 36.4 Å². The summed E-state index contributed by atoms with van der Waals surface area (Å²) in [4.78, 5) is 40.0. The minimum absolute atomic E-state index is 0.0226. The number of rotatable bonds is 0. The fraction of sp³-hybridized carbons (Fsp3) is 0.667. The highest BCUT2D eigenvalue weighted by molar-refractivity contribution is 14.1. The van der Waals surface area contributed by atoms with Crippen molar-refractivity contribution in [1.82, 2.24) is 10.2 Å². The van der Waals surface area contributed by atoms with Crippen molar-refractivity contribution in [2.45, 2.75) is 44.2 Å². The molecule has 5 nitrogen and oxygen atoms in total. The second-order valence-corrected chi connectivity index (χ2v) is 8.38. The Bertz CT molecular complexity index is 641. The van der Waals surface area contributed by atoms with Gasteiger partial charge in [-0.05, 0) is 47.9 Å². The number of amides is 2. The van der Waals surface area contributed by atoms with Gasteiger partial charge in [-0.15, -0.1) is 0 Å². The molecule has 2 amide bonds. The zero-order valence-corrected chi connectivity index (χ0v) is 14.2. The number of carbonyl (C=O) groups excluding carboxylic acids is 3. The zero-order valence-electron chi connectivity index (χ0n) is 12.0. The van der Waals surface area contributed by atoms with Gasteiger partial charge in [0.15, 0.2) is 5.78 Å². The molecule has 3 atom stereocenters. The summed E-state index contributed by atoms with van der Waals surface area (Å²) in [5.74, 6) is -0.142. The molecule has 0 radical (unpaired) electrons. The molecule has 21 heavy (non-hydrogen) atoms. The van der Waals surface area contributed by atoms with Crippen LogP contribution in [-0.4, -0.2) is 40.1 Å². The molecule has 4 heterocycles. The van der Waals surface area contributed by atoms with E-state index in [-0.39, 0.29) is 23.5 Å². The van der Waals surface area contributed by atoms with E-state index < -0.39 is 16.5 Å². The molecule has 4 saturated heterocycles. The molecule has 4 fully saturated rings. The van der Waals surface area contributed by atoms with Crippen LogP contribution in [-0.2, 0) is 14.4 Å². The van der Waals surface area contributed by atoms with Gasteiger partial charge in [0.25, 0.3) is 5.91 Å². The number of allylic oxidation sites excluding steroid dienone is 1. The maximum absolute atomic E-state index is 13.1. The lowest BCUT2D eigenvalue weighted by atomic mass is 9.53. The van der Waals surface area contributed by atoms with Crippen LogP contribution in [0.3, 0.4) is 0 Å². The summed E-state index contributed by atoms with van der Waals surface area (Å²) < 4.78 is 0.552. The third-order valence-electron chi connectivity index (χ3n) is 5.95. The Morgan fingerprint density at radius 3 is 2.76 bits per heavy atom. The van der Waals surface area contributed by atoms with Crippen LogP contribution in [0.15, 0.2) is 9.66 Å². The first kappa shape index (κ1) is 13.7. The molecule has 0 aromatic rings. The van der Waals surface area contributed by atoms with Crippen LogP contribution in [0, 0.1) is 11.3 Å². The predicted octanol–water partition coefficient (Wildman–Crippen LogP) is 1.16. The van der Waals surface area contributed by atoms with Crippen LogP contribution in [0.1, 0.15) is 33.1 Å². The van der Waals surface area contributed by atoms with Crippen molar-refractivity contribution in [1.29, 1.82) is 0 Å². The smallest absolute Gasteiger partial charge is 0.253 e. The van der Waals surface area contributed by atoms with E-state index in [1.165, 1.54) is 0 Å². The number of fused-ring (bicyclic) bond motifs is 1. The number of ketones is 1. The van der Waals surface area contributed by atoms with Gasteiger partial charge >= 0.3 is 0 Å². The second-order valence-electron chi connectivity index (χ2n) is 7.21. The van der Waals surface area contributed by atoms with Gasteiger partial charge < -0.3 is 10.2 Å². The van der Waals surface area contributed by atoms with Gasteiger partial charge in [0, 0.05) is 17.9 Å². The Balaban J connectivity index is 1.98. The SMILES string of the molecule is CC1(C)C(=O)C(I)=C[C@]23NC(=O)C4(CCCN4C2=O)CC13. The van der Waals surface area contributed by atoms with Crippen LogP contribution in [0.2, 0.25) is 0 Å². The molecule has 112 valence electrons. The number of piperidine rings is 2. The summed E-state index contributed by atoms with van der Waals surface area (Å²) in [6.45, 7) is 4.46. The Morgan fingerprint density at radius 2 is 2.05 bits per heavy atom. The first-order valence-corrected chi connectivity index (χ1v) is 8.41. The number of hydrogen-bond acceptors (Lipinski definition) is 3. The molecule has 4 aliphatic heterocycles. The maximum Gasteiger partial charge on any atom is 0.253 e. The van der Waals surface area contributed by atoms with Crippen LogP contribution >= 0.6 is 22.6 Å². The molecule has 1 aliphatic carbocycles. The van der Waals surface area contributed by atoms with Gasteiger partial charge in [0.1, 0.15) is 11.1 Å². The molecular weight excluding hydrogens is 383 g/mol. The summed E-state index contributed by atoms with van der Waals surface area (Å²) in [5, 5.41) is 2.99. The molecule has 2 bridgehead atoms. The second kappa shape index (κ2) is 3.70. The Morgan fingerprint density at radius 1 is 1.33 bits per heavy atom. The summed E-state index contributed by atoms with van der Waals surface area (Å²) in [5.41, 5.74) is -2.36. The van der Waals surface area contributed by atoms with Crippen LogP contribution < -0.4 is 5.32 Å². The van der Waals surface area contributed by atoms with Gasteiger partial charge in [-0.25, -0.2) is 0 Å². The number of carbonyl (C=O) groups is 3. The Hall–Kier alpha value is -0.920.